The molecule has 0 bridgehead atoms. The Morgan fingerprint density at radius 2 is 2.20 bits per heavy atom. The maximum atomic E-state index is 10.8. The van der Waals surface area contributed by atoms with E-state index in [9.17, 15) is 4.79 Å². The number of primary amides is 1. The number of aromatic nitrogens is 4. The lowest BCUT2D eigenvalue weighted by atomic mass is 10.4. The number of rotatable bonds is 2. The molecule has 0 unspecified atom stereocenters. The minimum atomic E-state index is -0.587. The molecular weight excluding hydrogens is 196 g/mol. The van der Waals surface area contributed by atoms with Crippen molar-refractivity contribution in [2.24, 2.45) is 5.73 Å². The van der Waals surface area contributed by atoms with E-state index < -0.39 is 5.91 Å². The average molecular weight is 204 g/mol. The molecule has 76 valence electrons. The van der Waals surface area contributed by atoms with E-state index in [0.29, 0.717) is 5.82 Å². The van der Waals surface area contributed by atoms with Crippen molar-refractivity contribution < 1.29 is 4.79 Å². The van der Waals surface area contributed by atoms with E-state index in [1.54, 1.807) is 12.3 Å². The molecule has 15 heavy (non-hydrogen) atoms. The molecule has 0 aromatic carbocycles. The van der Waals surface area contributed by atoms with E-state index in [0.717, 1.165) is 0 Å². The first kappa shape index (κ1) is 9.13. The summed E-state index contributed by atoms with van der Waals surface area (Å²) in [4.78, 5) is 18.5. The number of nitrogens with two attached hydrogens (primary N) is 2. The largest absolute Gasteiger partial charge is 0.368 e. The molecule has 7 nitrogen and oxygen atoms in total. The third-order valence-electron chi connectivity index (χ3n) is 1.74. The van der Waals surface area contributed by atoms with Crippen LogP contribution in [0.15, 0.2) is 24.5 Å². The zero-order chi connectivity index (χ0) is 10.8. The van der Waals surface area contributed by atoms with E-state index in [-0.39, 0.29) is 11.6 Å². The van der Waals surface area contributed by atoms with Crippen molar-refractivity contribution in [3.8, 4) is 5.82 Å². The Labute approximate surface area is 84.7 Å². The van der Waals surface area contributed by atoms with Crippen molar-refractivity contribution in [1.29, 1.82) is 0 Å². The summed E-state index contributed by atoms with van der Waals surface area (Å²) < 4.78 is 1.40. The van der Waals surface area contributed by atoms with E-state index >= 15 is 0 Å². The molecule has 7 heteroatoms. The molecule has 0 spiro atoms. The molecule has 0 radical (unpaired) electrons. The second-order valence-corrected chi connectivity index (χ2v) is 2.78. The fraction of sp³-hybridized carbons (Fsp3) is 0. The van der Waals surface area contributed by atoms with Gasteiger partial charge in [0.05, 0.1) is 0 Å². The van der Waals surface area contributed by atoms with Gasteiger partial charge in [-0.1, -0.05) is 0 Å². The van der Waals surface area contributed by atoms with Crippen molar-refractivity contribution in [1.82, 2.24) is 19.7 Å². The van der Waals surface area contributed by atoms with Crippen LogP contribution in [0.5, 0.6) is 0 Å². The molecule has 0 saturated heterocycles. The lowest BCUT2D eigenvalue weighted by Gasteiger charge is -1.99. The Bertz CT molecular complexity index is 505. The Kier molecular flexibility index (Phi) is 2.05. The van der Waals surface area contributed by atoms with Crippen molar-refractivity contribution in [2.75, 3.05) is 5.73 Å². The molecule has 4 N–H and O–H groups in total. The highest BCUT2D eigenvalue weighted by Gasteiger charge is 2.06. The first-order valence-electron chi connectivity index (χ1n) is 4.11. The van der Waals surface area contributed by atoms with Crippen LogP contribution in [0.1, 0.15) is 10.5 Å². The number of hydrogen-bond donors (Lipinski definition) is 2. The van der Waals surface area contributed by atoms with Crippen LogP contribution in [-0.4, -0.2) is 25.7 Å². The van der Waals surface area contributed by atoms with Crippen LogP contribution in [0, 0.1) is 0 Å². The van der Waals surface area contributed by atoms with Crippen molar-refractivity contribution >= 4 is 11.9 Å². The molecule has 2 heterocycles. The quantitative estimate of drug-likeness (QED) is 0.674. The first-order valence-corrected chi connectivity index (χ1v) is 4.11. The van der Waals surface area contributed by atoms with Gasteiger partial charge in [-0.25, -0.2) is 9.67 Å². The minimum Gasteiger partial charge on any atom is -0.368 e. The molecule has 0 saturated carbocycles. The predicted octanol–water partition coefficient (Wildman–Crippen LogP) is -0.657. The van der Waals surface area contributed by atoms with Crippen LogP contribution in [0.2, 0.25) is 0 Å². The standard InChI is InChI=1S/C8H8N6O/c9-7(15)5-2-4-14(13-5)6-1-3-11-8(10)12-6/h1-4H,(H2,9,15)(H2,10,11,12). The minimum absolute atomic E-state index is 0.142. The average Bonchev–Trinajstić information content (AvgIpc) is 2.66. The van der Waals surface area contributed by atoms with Crippen molar-refractivity contribution in [3.05, 3.63) is 30.2 Å². The van der Waals surface area contributed by atoms with E-state index in [2.05, 4.69) is 15.1 Å². The van der Waals surface area contributed by atoms with Gasteiger partial charge in [0, 0.05) is 18.5 Å². The molecule has 2 aromatic rings. The Hall–Kier alpha value is -2.44. The van der Waals surface area contributed by atoms with Crippen LogP contribution in [0.25, 0.3) is 5.82 Å². The van der Waals surface area contributed by atoms with E-state index in [1.807, 2.05) is 0 Å². The van der Waals surface area contributed by atoms with Gasteiger partial charge in [-0.05, 0) is 6.07 Å². The number of carbonyl (C=O) groups excluding carboxylic acids is 1. The van der Waals surface area contributed by atoms with Gasteiger partial charge in [-0.2, -0.15) is 10.1 Å². The van der Waals surface area contributed by atoms with Gasteiger partial charge in [-0.3, -0.25) is 4.79 Å². The van der Waals surface area contributed by atoms with Gasteiger partial charge < -0.3 is 11.5 Å². The highest BCUT2D eigenvalue weighted by Crippen LogP contribution is 2.04. The van der Waals surface area contributed by atoms with Crippen LogP contribution < -0.4 is 11.5 Å². The number of hydrogen-bond acceptors (Lipinski definition) is 5. The second-order valence-electron chi connectivity index (χ2n) is 2.78. The number of nitrogen functional groups attached to an aromatic ring is 1. The topological polar surface area (TPSA) is 113 Å². The van der Waals surface area contributed by atoms with Gasteiger partial charge in [0.1, 0.15) is 5.69 Å². The summed E-state index contributed by atoms with van der Waals surface area (Å²) in [5.41, 5.74) is 10.6. The number of anilines is 1. The molecule has 0 aliphatic carbocycles. The molecular formula is C8H8N6O. The Morgan fingerprint density at radius 3 is 2.80 bits per heavy atom. The van der Waals surface area contributed by atoms with Gasteiger partial charge in [0.25, 0.3) is 5.91 Å². The van der Waals surface area contributed by atoms with Gasteiger partial charge >= 0.3 is 0 Å². The molecule has 0 aliphatic heterocycles. The lowest BCUT2D eigenvalue weighted by Crippen LogP contribution is -2.12. The molecule has 2 rings (SSSR count). The monoisotopic (exact) mass is 204 g/mol. The maximum Gasteiger partial charge on any atom is 0.269 e. The predicted molar refractivity (Wildman–Crippen MR) is 52.1 cm³/mol. The Morgan fingerprint density at radius 1 is 1.40 bits per heavy atom. The fourth-order valence-corrected chi connectivity index (χ4v) is 1.07. The lowest BCUT2D eigenvalue weighted by molar-refractivity contribution is 0.0995. The summed E-state index contributed by atoms with van der Waals surface area (Å²) in [5.74, 6) is 0.0365. The smallest absolute Gasteiger partial charge is 0.269 e. The highest BCUT2D eigenvalue weighted by molar-refractivity contribution is 5.90. The summed E-state index contributed by atoms with van der Waals surface area (Å²) in [6, 6.07) is 3.12. The fourth-order valence-electron chi connectivity index (χ4n) is 1.07. The van der Waals surface area contributed by atoms with Crippen LogP contribution in [-0.2, 0) is 0 Å². The van der Waals surface area contributed by atoms with E-state index in [4.69, 9.17) is 11.5 Å². The van der Waals surface area contributed by atoms with Gasteiger partial charge in [-0.15, -0.1) is 0 Å². The van der Waals surface area contributed by atoms with Crippen molar-refractivity contribution in [3.63, 3.8) is 0 Å². The number of carbonyl (C=O) groups is 1. The van der Waals surface area contributed by atoms with Gasteiger partial charge in [0.15, 0.2) is 5.82 Å². The molecule has 0 atom stereocenters. The summed E-state index contributed by atoms with van der Waals surface area (Å²) in [5, 5.41) is 3.92. The first-order chi connectivity index (χ1) is 7.16. The van der Waals surface area contributed by atoms with Crippen molar-refractivity contribution in [2.45, 2.75) is 0 Å². The van der Waals surface area contributed by atoms with Gasteiger partial charge in [0.2, 0.25) is 5.95 Å². The number of nitrogens with zero attached hydrogens (tertiary/aromatic N) is 4. The summed E-state index contributed by atoms with van der Waals surface area (Å²) in [7, 11) is 0. The SMILES string of the molecule is NC(=O)c1ccn(-c2ccnc(N)n2)n1. The normalized spacial score (nSPS) is 10.1. The van der Waals surface area contributed by atoms with Crippen LogP contribution >= 0.6 is 0 Å². The third-order valence-corrected chi connectivity index (χ3v) is 1.74. The molecule has 2 aromatic heterocycles. The second kappa shape index (κ2) is 3.37. The summed E-state index contributed by atoms with van der Waals surface area (Å²) in [6.07, 6.45) is 3.07. The molecule has 0 aliphatic rings. The number of amides is 1. The summed E-state index contributed by atoms with van der Waals surface area (Å²) in [6.45, 7) is 0. The Balaban J connectivity index is 2.41. The molecule has 0 fully saturated rings. The molecule has 1 amide bonds. The third kappa shape index (κ3) is 1.75. The summed E-state index contributed by atoms with van der Waals surface area (Å²) >= 11 is 0. The zero-order valence-electron chi connectivity index (χ0n) is 7.66. The highest BCUT2D eigenvalue weighted by atomic mass is 16.1. The zero-order valence-corrected chi connectivity index (χ0v) is 7.66. The van der Waals surface area contributed by atoms with E-state index in [1.165, 1.54) is 16.9 Å². The van der Waals surface area contributed by atoms with Crippen LogP contribution in [0.3, 0.4) is 0 Å². The maximum absolute atomic E-state index is 10.8. The van der Waals surface area contributed by atoms with Crippen LogP contribution in [0.4, 0.5) is 5.95 Å².